The minimum Gasteiger partial charge on any atom is -0.372 e. The van der Waals surface area contributed by atoms with E-state index in [-0.39, 0.29) is 6.61 Å². The molecular formula is C17H26F3N3OS. The Morgan fingerprint density at radius 1 is 1.40 bits per heavy atom. The van der Waals surface area contributed by atoms with Crippen molar-refractivity contribution in [2.24, 2.45) is 5.41 Å². The first-order valence-electron chi connectivity index (χ1n) is 8.83. The summed E-state index contributed by atoms with van der Waals surface area (Å²) < 4.78 is 40.7. The van der Waals surface area contributed by atoms with Gasteiger partial charge in [-0.3, -0.25) is 4.90 Å². The van der Waals surface area contributed by atoms with E-state index in [0.29, 0.717) is 17.9 Å². The Morgan fingerprint density at radius 3 is 2.80 bits per heavy atom. The molecule has 1 spiro atoms. The molecule has 1 saturated heterocycles. The van der Waals surface area contributed by atoms with Crippen molar-refractivity contribution in [3.63, 3.8) is 0 Å². The van der Waals surface area contributed by atoms with Crippen molar-refractivity contribution in [2.45, 2.75) is 44.4 Å². The molecule has 1 unspecified atom stereocenters. The van der Waals surface area contributed by atoms with Gasteiger partial charge in [-0.25, -0.2) is 4.98 Å². The molecule has 3 rings (SSSR count). The van der Waals surface area contributed by atoms with Crippen molar-refractivity contribution in [1.82, 2.24) is 14.8 Å². The molecule has 1 aromatic rings. The standard InChI is InChI=1S/C17H26F3N3OS/c1-22(12-15-21-5-10-25-15)14-11-16(14)3-7-23(8-4-16)6-2-9-24-13-17(18,19)20/h5,10,14H,2-4,6-9,11-13H2,1H3. The third-order valence-corrected chi connectivity index (χ3v) is 6.19. The zero-order valence-electron chi connectivity index (χ0n) is 14.6. The fourth-order valence-electron chi connectivity index (χ4n) is 3.94. The Balaban J connectivity index is 1.31. The minimum absolute atomic E-state index is 0.181. The predicted octanol–water partition coefficient (Wildman–Crippen LogP) is 3.40. The molecule has 2 aliphatic rings. The number of aromatic nitrogens is 1. The van der Waals surface area contributed by atoms with Crippen molar-refractivity contribution in [3.05, 3.63) is 16.6 Å². The lowest BCUT2D eigenvalue weighted by Crippen LogP contribution is -2.38. The topological polar surface area (TPSA) is 28.6 Å². The third kappa shape index (κ3) is 5.39. The van der Waals surface area contributed by atoms with E-state index in [1.807, 2.05) is 11.6 Å². The van der Waals surface area contributed by atoms with E-state index < -0.39 is 12.8 Å². The van der Waals surface area contributed by atoms with Gasteiger partial charge in [0.25, 0.3) is 0 Å². The van der Waals surface area contributed by atoms with E-state index in [4.69, 9.17) is 0 Å². The largest absolute Gasteiger partial charge is 0.411 e. The monoisotopic (exact) mass is 377 g/mol. The number of alkyl halides is 3. The van der Waals surface area contributed by atoms with Crippen molar-refractivity contribution >= 4 is 11.3 Å². The fraction of sp³-hybridized carbons (Fsp3) is 0.824. The van der Waals surface area contributed by atoms with Crippen LogP contribution in [0.25, 0.3) is 0 Å². The molecule has 1 aliphatic carbocycles. The highest BCUT2D eigenvalue weighted by Gasteiger charge is 2.56. The first-order chi connectivity index (χ1) is 11.9. The molecule has 0 N–H and O–H groups in total. The second-order valence-corrected chi connectivity index (χ2v) is 8.27. The lowest BCUT2D eigenvalue weighted by Gasteiger charge is -2.34. The molecular weight excluding hydrogens is 351 g/mol. The lowest BCUT2D eigenvalue weighted by molar-refractivity contribution is -0.174. The molecule has 1 aliphatic heterocycles. The second-order valence-electron chi connectivity index (χ2n) is 7.29. The number of thiazole rings is 1. The maximum Gasteiger partial charge on any atom is 0.411 e. The van der Waals surface area contributed by atoms with Crippen LogP contribution in [0.3, 0.4) is 0 Å². The third-order valence-electron chi connectivity index (χ3n) is 5.43. The van der Waals surface area contributed by atoms with Gasteiger partial charge in [-0.1, -0.05) is 0 Å². The molecule has 0 amide bonds. The zero-order chi connectivity index (χ0) is 17.9. The highest BCUT2D eigenvalue weighted by Crippen LogP contribution is 2.56. The number of rotatable bonds is 8. The summed E-state index contributed by atoms with van der Waals surface area (Å²) in [7, 11) is 2.19. The average molecular weight is 377 g/mol. The highest BCUT2D eigenvalue weighted by atomic mass is 32.1. The van der Waals surface area contributed by atoms with Crippen LogP contribution in [0.1, 0.15) is 30.7 Å². The van der Waals surface area contributed by atoms with Crippen molar-refractivity contribution in [3.8, 4) is 0 Å². The van der Waals surface area contributed by atoms with Crippen molar-refractivity contribution in [1.29, 1.82) is 0 Å². The first-order valence-corrected chi connectivity index (χ1v) is 9.71. The number of nitrogens with zero attached hydrogens (tertiary/aromatic N) is 3. The van der Waals surface area contributed by atoms with Gasteiger partial charge < -0.3 is 9.64 Å². The van der Waals surface area contributed by atoms with E-state index in [0.717, 1.165) is 26.2 Å². The summed E-state index contributed by atoms with van der Waals surface area (Å²) in [6, 6.07) is 0.647. The maximum absolute atomic E-state index is 12.0. The van der Waals surface area contributed by atoms with Crippen molar-refractivity contribution in [2.75, 3.05) is 39.9 Å². The number of piperidine rings is 1. The molecule has 2 heterocycles. The molecule has 25 heavy (non-hydrogen) atoms. The van der Waals surface area contributed by atoms with Crippen LogP contribution in [0.4, 0.5) is 13.2 Å². The SMILES string of the molecule is CN(Cc1nccs1)C1CC12CCN(CCCOCC(F)(F)F)CC2. The Hall–Kier alpha value is -0.700. The van der Waals surface area contributed by atoms with Crippen molar-refractivity contribution < 1.29 is 17.9 Å². The van der Waals surface area contributed by atoms with Gasteiger partial charge in [-0.2, -0.15) is 13.2 Å². The number of halogens is 3. The quantitative estimate of drug-likeness (QED) is 0.650. The van der Waals surface area contributed by atoms with E-state index in [1.165, 1.54) is 24.3 Å². The van der Waals surface area contributed by atoms with E-state index in [2.05, 4.69) is 26.6 Å². The Bertz CT molecular complexity index is 530. The molecule has 0 radical (unpaired) electrons. The maximum atomic E-state index is 12.0. The van der Waals surface area contributed by atoms with Gasteiger partial charge in [0, 0.05) is 30.8 Å². The highest BCUT2D eigenvalue weighted by molar-refractivity contribution is 7.09. The molecule has 8 heteroatoms. The summed E-state index contributed by atoms with van der Waals surface area (Å²) in [6.07, 6.45) is 1.93. The molecule has 1 aromatic heterocycles. The van der Waals surface area contributed by atoms with Crippen LogP contribution in [-0.4, -0.2) is 66.9 Å². The van der Waals surface area contributed by atoms with Gasteiger partial charge in [-0.15, -0.1) is 11.3 Å². The summed E-state index contributed by atoms with van der Waals surface area (Å²) >= 11 is 1.70. The smallest absolute Gasteiger partial charge is 0.372 e. The molecule has 1 atom stereocenters. The summed E-state index contributed by atoms with van der Waals surface area (Å²) in [5.74, 6) is 0. The van der Waals surface area contributed by atoms with Gasteiger partial charge >= 0.3 is 6.18 Å². The summed E-state index contributed by atoms with van der Waals surface area (Å²) in [4.78, 5) is 9.15. The first kappa shape index (κ1) is 19.1. The van der Waals surface area contributed by atoms with Gasteiger partial charge in [0.05, 0.1) is 6.54 Å². The van der Waals surface area contributed by atoms with Crippen LogP contribution >= 0.6 is 11.3 Å². The van der Waals surface area contributed by atoms with Gasteiger partial charge in [0.2, 0.25) is 0 Å². The molecule has 142 valence electrons. The van der Waals surface area contributed by atoms with Crippen LogP contribution in [-0.2, 0) is 11.3 Å². The average Bonchev–Trinajstić information content (AvgIpc) is 2.99. The normalized spacial score (nSPS) is 23.5. The van der Waals surface area contributed by atoms with E-state index >= 15 is 0 Å². The molecule has 1 saturated carbocycles. The van der Waals surface area contributed by atoms with Gasteiger partial charge in [0.15, 0.2) is 0 Å². The number of hydrogen-bond donors (Lipinski definition) is 0. The van der Waals surface area contributed by atoms with E-state index in [9.17, 15) is 13.2 Å². The predicted molar refractivity (Wildman–Crippen MR) is 91.6 cm³/mol. The molecule has 0 bridgehead atoms. The molecule has 4 nitrogen and oxygen atoms in total. The minimum atomic E-state index is -4.22. The lowest BCUT2D eigenvalue weighted by atomic mass is 9.92. The van der Waals surface area contributed by atoms with Crippen LogP contribution in [0, 0.1) is 5.41 Å². The zero-order valence-corrected chi connectivity index (χ0v) is 15.4. The Kier molecular flexibility index (Phi) is 6.03. The summed E-state index contributed by atoms with van der Waals surface area (Å²) in [6.45, 7) is 2.88. The molecule has 2 fully saturated rings. The molecule has 0 aromatic carbocycles. The van der Waals surface area contributed by atoms with Crippen LogP contribution in [0.2, 0.25) is 0 Å². The van der Waals surface area contributed by atoms with Gasteiger partial charge in [-0.05, 0) is 51.2 Å². The van der Waals surface area contributed by atoms with E-state index in [1.54, 1.807) is 11.3 Å². The van der Waals surface area contributed by atoms with Crippen LogP contribution in [0.5, 0.6) is 0 Å². The number of likely N-dealkylation sites (tertiary alicyclic amines) is 1. The van der Waals surface area contributed by atoms with Gasteiger partial charge in [0.1, 0.15) is 11.6 Å². The fourth-order valence-corrected chi connectivity index (χ4v) is 4.62. The summed E-state index contributed by atoms with van der Waals surface area (Å²) in [5, 5.41) is 3.18. The number of hydrogen-bond acceptors (Lipinski definition) is 5. The van der Waals surface area contributed by atoms with Crippen LogP contribution in [0.15, 0.2) is 11.6 Å². The Labute approximate surface area is 151 Å². The summed E-state index contributed by atoms with van der Waals surface area (Å²) in [5.41, 5.74) is 0.454. The second kappa shape index (κ2) is 7.90. The van der Waals surface area contributed by atoms with Crippen LogP contribution < -0.4 is 0 Å². The number of ether oxygens (including phenoxy) is 1. The Morgan fingerprint density at radius 2 is 2.16 bits per heavy atom.